The number of hydrogen-bond donors (Lipinski definition) is 0. The molecule has 0 N–H and O–H groups in total. The van der Waals surface area contributed by atoms with Crippen LogP contribution in [0.5, 0.6) is 5.75 Å². The largest absolute Gasteiger partial charge is 0.487 e. The van der Waals surface area contributed by atoms with Gasteiger partial charge in [-0.2, -0.15) is 0 Å². The summed E-state index contributed by atoms with van der Waals surface area (Å²) in [6, 6.07) is 9.98. The molecule has 5 rings (SSSR count). The van der Waals surface area contributed by atoms with Crippen LogP contribution in [-0.2, 0) is 7.05 Å². The Morgan fingerprint density at radius 2 is 1.92 bits per heavy atom. The van der Waals surface area contributed by atoms with Crippen LogP contribution in [0.15, 0.2) is 53.5 Å². The monoisotopic (exact) mass is 330 g/mol. The molecule has 1 aromatic heterocycles. The van der Waals surface area contributed by atoms with Gasteiger partial charge in [0, 0.05) is 29.1 Å². The van der Waals surface area contributed by atoms with E-state index in [-0.39, 0.29) is 5.56 Å². The highest BCUT2D eigenvalue weighted by Gasteiger charge is 2.30. The van der Waals surface area contributed by atoms with E-state index in [4.69, 9.17) is 4.74 Å². The van der Waals surface area contributed by atoms with Crippen LogP contribution in [-0.4, -0.2) is 17.7 Å². The summed E-state index contributed by atoms with van der Waals surface area (Å²) >= 11 is 0. The molecular formula is C21H18N2O2. The SMILES string of the molecule is C=C1C=C(C)c2cc3c4ccccc4c(=O)n(C)c3c3c2N1CCO3. The third kappa shape index (κ3) is 1.74. The van der Waals surface area contributed by atoms with E-state index in [0.717, 1.165) is 50.9 Å². The summed E-state index contributed by atoms with van der Waals surface area (Å²) in [7, 11) is 1.82. The Morgan fingerprint density at radius 3 is 2.72 bits per heavy atom. The van der Waals surface area contributed by atoms with E-state index in [1.807, 2.05) is 31.3 Å². The lowest BCUT2D eigenvalue weighted by atomic mass is 9.93. The second-order valence-corrected chi connectivity index (χ2v) is 6.73. The van der Waals surface area contributed by atoms with Gasteiger partial charge in [0.15, 0.2) is 5.75 Å². The van der Waals surface area contributed by atoms with Crippen LogP contribution >= 0.6 is 0 Å². The summed E-state index contributed by atoms with van der Waals surface area (Å²) < 4.78 is 7.81. The smallest absolute Gasteiger partial charge is 0.258 e. The first-order valence-electron chi connectivity index (χ1n) is 8.44. The first-order valence-corrected chi connectivity index (χ1v) is 8.44. The number of fused-ring (bicyclic) bond motifs is 4. The third-order valence-electron chi connectivity index (χ3n) is 5.30. The van der Waals surface area contributed by atoms with E-state index in [9.17, 15) is 4.79 Å². The molecule has 0 fully saturated rings. The fraction of sp³-hybridized carbons (Fsp3) is 0.190. The molecule has 0 saturated heterocycles. The van der Waals surface area contributed by atoms with Gasteiger partial charge in [-0.25, -0.2) is 0 Å². The van der Waals surface area contributed by atoms with Crippen LogP contribution in [0.4, 0.5) is 5.69 Å². The number of benzene rings is 2. The Morgan fingerprint density at radius 1 is 1.16 bits per heavy atom. The lowest BCUT2D eigenvalue weighted by molar-refractivity contribution is 0.314. The zero-order chi connectivity index (χ0) is 17.3. The zero-order valence-corrected chi connectivity index (χ0v) is 14.3. The Bertz CT molecular complexity index is 1180. The number of ether oxygens (including phenoxy) is 1. The van der Waals surface area contributed by atoms with Crippen molar-refractivity contribution < 1.29 is 4.74 Å². The van der Waals surface area contributed by atoms with E-state index in [1.54, 1.807) is 4.57 Å². The molecule has 2 aliphatic heterocycles. The van der Waals surface area contributed by atoms with Crippen molar-refractivity contribution in [2.24, 2.45) is 7.05 Å². The van der Waals surface area contributed by atoms with Crippen molar-refractivity contribution in [3.05, 3.63) is 64.6 Å². The minimum absolute atomic E-state index is 0.00178. The van der Waals surface area contributed by atoms with Crippen molar-refractivity contribution in [3.63, 3.8) is 0 Å². The summed E-state index contributed by atoms with van der Waals surface area (Å²) in [6.45, 7) is 7.64. The third-order valence-corrected chi connectivity index (χ3v) is 5.30. The predicted octanol–water partition coefficient (Wildman–Crippen LogP) is 3.82. The van der Waals surface area contributed by atoms with E-state index in [0.29, 0.717) is 6.61 Å². The first kappa shape index (κ1) is 14.3. The van der Waals surface area contributed by atoms with E-state index in [2.05, 4.69) is 30.5 Å². The summed E-state index contributed by atoms with van der Waals surface area (Å²) in [5.74, 6) is 0.790. The lowest BCUT2D eigenvalue weighted by Crippen LogP contribution is -2.34. The quantitative estimate of drug-likeness (QED) is 0.588. The fourth-order valence-corrected chi connectivity index (χ4v) is 4.11. The molecule has 4 heteroatoms. The van der Waals surface area contributed by atoms with Crippen molar-refractivity contribution in [1.82, 2.24) is 4.57 Å². The van der Waals surface area contributed by atoms with Gasteiger partial charge in [0.05, 0.1) is 17.7 Å². The number of pyridine rings is 1. The molecule has 25 heavy (non-hydrogen) atoms. The number of allylic oxidation sites excluding steroid dienone is 2. The van der Waals surface area contributed by atoms with Gasteiger partial charge < -0.3 is 14.2 Å². The van der Waals surface area contributed by atoms with Crippen molar-refractivity contribution in [2.75, 3.05) is 18.1 Å². The highest BCUT2D eigenvalue weighted by molar-refractivity contribution is 6.11. The maximum atomic E-state index is 12.9. The molecule has 2 aromatic carbocycles. The Kier molecular flexibility index (Phi) is 2.73. The summed E-state index contributed by atoms with van der Waals surface area (Å²) in [4.78, 5) is 15.1. The minimum Gasteiger partial charge on any atom is -0.487 e. The van der Waals surface area contributed by atoms with Crippen molar-refractivity contribution in [2.45, 2.75) is 6.92 Å². The topological polar surface area (TPSA) is 34.5 Å². The number of rotatable bonds is 0. The normalized spacial score (nSPS) is 16.0. The minimum atomic E-state index is 0.00178. The van der Waals surface area contributed by atoms with Gasteiger partial charge in [-0.3, -0.25) is 4.79 Å². The van der Waals surface area contributed by atoms with Crippen LogP contribution in [0.3, 0.4) is 0 Å². The van der Waals surface area contributed by atoms with Gasteiger partial charge in [0.2, 0.25) is 0 Å². The average molecular weight is 330 g/mol. The van der Waals surface area contributed by atoms with E-state index in [1.165, 1.54) is 5.57 Å². The molecule has 3 aromatic rings. The Labute approximate surface area is 145 Å². The Balaban J connectivity index is 2.07. The molecule has 0 spiro atoms. The summed E-state index contributed by atoms with van der Waals surface area (Å²) in [6.07, 6.45) is 2.12. The van der Waals surface area contributed by atoms with Crippen LogP contribution in [0, 0.1) is 0 Å². The van der Waals surface area contributed by atoms with Crippen molar-refractivity contribution in [1.29, 1.82) is 0 Å². The molecule has 0 amide bonds. The fourth-order valence-electron chi connectivity index (χ4n) is 4.11. The van der Waals surface area contributed by atoms with Crippen molar-refractivity contribution >= 4 is 32.9 Å². The maximum absolute atomic E-state index is 12.9. The van der Waals surface area contributed by atoms with Crippen LogP contribution < -0.4 is 15.2 Å². The van der Waals surface area contributed by atoms with Crippen LogP contribution in [0.1, 0.15) is 12.5 Å². The molecular weight excluding hydrogens is 312 g/mol. The summed E-state index contributed by atoms with van der Waals surface area (Å²) in [5.41, 5.74) is 5.19. The van der Waals surface area contributed by atoms with E-state index < -0.39 is 0 Å². The average Bonchev–Trinajstić information content (AvgIpc) is 2.63. The highest BCUT2D eigenvalue weighted by atomic mass is 16.5. The van der Waals surface area contributed by atoms with Gasteiger partial charge in [-0.05, 0) is 36.1 Å². The van der Waals surface area contributed by atoms with Gasteiger partial charge in [0.1, 0.15) is 6.61 Å². The molecule has 4 nitrogen and oxygen atoms in total. The van der Waals surface area contributed by atoms with Gasteiger partial charge >= 0.3 is 0 Å². The second-order valence-electron chi connectivity index (χ2n) is 6.73. The molecule has 2 aliphatic rings. The van der Waals surface area contributed by atoms with Crippen LogP contribution in [0.25, 0.3) is 27.2 Å². The van der Waals surface area contributed by atoms with Crippen molar-refractivity contribution in [3.8, 4) is 5.75 Å². The number of aryl methyl sites for hydroxylation is 1. The maximum Gasteiger partial charge on any atom is 0.258 e. The number of nitrogens with zero attached hydrogens (tertiary/aromatic N) is 2. The molecule has 124 valence electrons. The molecule has 0 aliphatic carbocycles. The molecule has 0 bridgehead atoms. The van der Waals surface area contributed by atoms with Gasteiger partial charge in [0.25, 0.3) is 5.56 Å². The predicted molar refractivity (Wildman–Crippen MR) is 102 cm³/mol. The standard InChI is InChI=1S/C21H18N2O2/c1-12-10-13(2)23-8-9-25-20-18-17(11-16(12)19(20)23)14-6-4-5-7-15(14)21(24)22(18)3/h4-7,10-11H,2,8-9H2,1,3H3. The molecule has 3 heterocycles. The number of hydrogen-bond acceptors (Lipinski definition) is 3. The summed E-state index contributed by atoms with van der Waals surface area (Å²) in [5, 5.41) is 2.75. The lowest BCUT2D eigenvalue weighted by Gasteiger charge is -2.37. The second kappa shape index (κ2) is 4.76. The first-order chi connectivity index (χ1) is 12.1. The van der Waals surface area contributed by atoms with Gasteiger partial charge in [-0.1, -0.05) is 24.8 Å². The van der Waals surface area contributed by atoms with E-state index >= 15 is 0 Å². The van der Waals surface area contributed by atoms with Crippen LogP contribution in [0.2, 0.25) is 0 Å². The molecule has 0 radical (unpaired) electrons. The number of aromatic nitrogens is 1. The number of anilines is 1. The zero-order valence-electron chi connectivity index (χ0n) is 14.3. The molecule has 0 unspecified atom stereocenters. The highest BCUT2D eigenvalue weighted by Crippen LogP contribution is 2.48. The Hall–Kier alpha value is -3.01. The van der Waals surface area contributed by atoms with Gasteiger partial charge in [-0.15, -0.1) is 0 Å². The molecule has 0 atom stereocenters. The molecule has 0 saturated carbocycles.